The molecule has 1 aromatic carbocycles. The molecule has 0 saturated heterocycles. The van der Waals surface area contributed by atoms with Crippen LogP contribution in [0.4, 0.5) is 5.69 Å². The molecular formula is C15H17N3O. The van der Waals surface area contributed by atoms with Crippen LogP contribution in [0.3, 0.4) is 0 Å². The Labute approximate surface area is 112 Å². The molecule has 1 aliphatic heterocycles. The molecule has 98 valence electrons. The maximum atomic E-state index is 6.02. The minimum absolute atomic E-state index is 0.179. The second-order valence-electron chi connectivity index (χ2n) is 5.43. The molecule has 1 unspecified atom stereocenters. The lowest BCUT2D eigenvalue weighted by Gasteiger charge is -2.38. The van der Waals surface area contributed by atoms with Gasteiger partial charge in [-0.2, -0.15) is 0 Å². The van der Waals surface area contributed by atoms with E-state index in [0.717, 1.165) is 17.9 Å². The number of nitrogens with one attached hydrogen (secondary N) is 1. The molecule has 0 amide bonds. The van der Waals surface area contributed by atoms with Crippen molar-refractivity contribution < 1.29 is 4.74 Å². The summed E-state index contributed by atoms with van der Waals surface area (Å²) >= 11 is 0. The van der Waals surface area contributed by atoms with Gasteiger partial charge in [0.05, 0.1) is 24.1 Å². The third kappa shape index (κ3) is 2.52. The first kappa shape index (κ1) is 12.0. The SMILES string of the molecule is CC1(C)CC(Nc2cncnc2)c2ccccc2O1. The van der Waals surface area contributed by atoms with Crippen LogP contribution in [0.25, 0.3) is 0 Å². The molecule has 0 fully saturated rings. The quantitative estimate of drug-likeness (QED) is 0.895. The Morgan fingerprint density at radius 1 is 1.21 bits per heavy atom. The second kappa shape index (κ2) is 4.53. The highest BCUT2D eigenvalue weighted by molar-refractivity contribution is 5.46. The number of benzene rings is 1. The molecule has 0 aliphatic carbocycles. The smallest absolute Gasteiger partial charge is 0.125 e. The highest BCUT2D eigenvalue weighted by Crippen LogP contribution is 2.40. The monoisotopic (exact) mass is 255 g/mol. The summed E-state index contributed by atoms with van der Waals surface area (Å²) in [5.41, 5.74) is 1.94. The molecule has 0 saturated carbocycles. The van der Waals surface area contributed by atoms with Gasteiger partial charge in [-0.1, -0.05) is 18.2 Å². The van der Waals surface area contributed by atoms with Crippen LogP contribution < -0.4 is 10.1 Å². The minimum atomic E-state index is -0.179. The average molecular weight is 255 g/mol. The van der Waals surface area contributed by atoms with Gasteiger partial charge in [-0.15, -0.1) is 0 Å². The van der Waals surface area contributed by atoms with Crippen molar-refractivity contribution in [1.82, 2.24) is 9.97 Å². The largest absolute Gasteiger partial charge is 0.487 e. The Morgan fingerprint density at radius 3 is 2.74 bits per heavy atom. The standard InChI is InChI=1S/C15H17N3O/c1-15(2)7-13(18-11-8-16-10-17-9-11)12-5-3-4-6-14(12)19-15/h3-6,8-10,13,18H,7H2,1-2H3. The van der Waals surface area contributed by atoms with Gasteiger partial charge in [0.25, 0.3) is 0 Å². The van der Waals surface area contributed by atoms with Gasteiger partial charge in [0, 0.05) is 12.0 Å². The highest BCUT2D eigenvalue weighted by Gasteiger charge is 2.33. The molecular weight excluding hydrogens is 238 g/mol. The summed E-state index contributed by atoms with van der Waals surface area (Å²) in [6.07, 6.45) is 6.02. The lowest BCUT2D eigenvalue weighted by Crippen LogP contribution is -2.37. The van der Waals surface area contributed by atoms with Crippen molar-refractivity contribution in [3.8, 4) is 5.75 Å². The molecule has 1 atom stereocenters. The van der Waals surface area contributed by atoms with E-state index in [9.17, 15) is 0 Å². The van der Waals surface area contributed by atoms with Gasteiger partial charge in [0.1, 0.15) is 17.7 Å². The summed E-state index contributed by atoms with van der Waals surface area (Å²) in [5, 5.41) is 3.49. The number of aromatic nitrogens is 2. The predicted molar refractivity (Wildman–Crippen MR) is 74.2 cm³/mol. The summed E-state index contributed by atoms with van der Waals surface area (Å²) in [7, 11) is 0. The van der Waals surface area contributed by atoms with Crippen LogP contribution in [0.5, 0.6) is 5.75 Å². The van der Waals surface area contributed by atoms with Gasteiger partial charge >= 0.3 is 0 Å². The van der Waals surface area contributed by atoms with Crippen molar-refractivity contribution in [2.75, 3.05) is 5.32 Å². The summed E-state index contributed by atoms with van der Waals surface area (Å²) in [4.78, 5) is 8.08. The van der Waals surface area contributed by atoms with Crippen LogP contribution in [0, 0.1) is 0 Å². The molecule has 19 heavy (non-hydrogen) atoms. The van der Waals surface area contributed by atoms with Crippen LogP contribution in [-0.2, 0) is 0 Å². The summed E-state index contributed by atoms with van der Waals surface area (Å²) in [5.74, 6) is 0.952. The van der Waals surface area contributed by atoms with Crippen LogP contribution >= 0.6 is 0 Å². The van der Waals surface area contributed by atoms with Crippen molar-refractivity contribution in [2.45, 2.75) is 31.9 Å². The Hall–Kier alpha value is -2.10. The Bertz CT molecular complexity index is 569. The highest BCUT2D eigenvalue weighted by atomic mass is 16.5. The topological polar surface area (TPSA) is 47.0 Å². The van der Waals surface area contributed by atoms with Crippen molar-refractivity contribution in [3.63, 3.8) is 0 Å². The summed E-state index contributed by atoms with van der Waals surface area (Å²) in [6, 6.07) is 8.38. The normalized spacial score (nSPS) is 20.2. The number of para-hydroxylation sites is 1. The third-order valence-electron chi connectivity index (χ3n) is 3.28. The van der Waals surface area contributed by atoms with E-state index < -0.39 is 0 Å². The van der Waals surface area contributed by atoms with Gasteiger partial charge in [0.15, 0.2) is 0 Å². The van der Waals surface area contributed by atoms with Crippen LogP contribution in [0.15, 0.2) is 43.0 Å². The number of rotatable bonds is 2. The van der Waals surface area contributed by atoms with Gasteiger partial charge < -0.3 is 10.1 Å². The van der Waals surface area contributed by atoms with Gasteiger partial charge in [0.2, 0.25) is 0 Å². The van der Waals surface area contributed by atoms with E-state index in [0.29, 0.717) is 0 Å². The summed E-state index contributed by atoms with van der Waals surface area (Å²) < 4.78 is 6.02. The van der Waals surface area contributed by atoms with E-state index in [1.807, 2.05) is 18.2 Å². The van der Waals surface area contributed by atoms with Crippen LogP contribution in [0.2, 0.25) is 0 Å². The first-order chi connectivity index (χ1) is 9.14. The predicted octanol–water partition coefficient (Wildman–Crippen LogP) is 3.19. The number of hydrogen-bond donors (Lipinski definition) is 1. The fourth-order valence-electron chi connectivity index (χ4n) is 2.51. The first-order valence-electron chi connectivity index (χ1n) is 6.43. The first-order valence-corrected chi connectivity index (χ1v) is 6.43. The molecule has 1 N–H and O–H groups in total. The Morgan fingerprint density at radius 2 is 1.95 bits per heavy atom. The van der Waals surface area contributed by atoms with E-state index in [2.05, 4.69) is 35.2 Å². The third-order valence-corrected chi connectivity index (χ3v) is 3.28. The van der Waals surface area contributed by atoms with Gasteiger partial charge in [-0.25, -0.2) is 9.97 Å². The molecule has 3 rings (SSSR count). The molecule has 1 aliphatic rings. The number of ether oxygens (including phenoxy) is 1. The van der Waals surface area contributed by atoms with E-state index in [1.165, 1.54) is 11.9 Å². The Balaban J connectivity index is 1.93. The van der Waals surface area contributed by atoms with E-state index >= 15 is 0 Å². The zero-order valence-electron chi connectivity index (χ0n) is 11.1. The molecule has 1 aromatic heterocycles. The zero-order valence-corrected chi connectivity index (χ0v) is 11.1. The van der Waals surface area contributed by atoms with Crippen LogP contribution in [0.1, 0.15) is 31.9 Å². The van der Waals surface area contributed by atoms with Crippen molar-refractivity contribution in [3.05, 3.63) is 48.5 Å². The van der Waals surface area contributed by atoms with Gasteiger partial charge in [-0.05, 0) is 19.9 Å². The number of anilines is 1. The van der Waals surface area contributed by atoms with E-state index in [1.54, 1.807) is 12.4 Å². The molecule has 0 bridgehead atoms. The maximum absolute atomic E-state index is 6.02. The van der Waals surface area contributed by atoms with Crippen molar-refractivity contribution >= 4 is 5.69 Å². The lowest BCUT2D eigenvalue weighted by atomic mass is 9.89. The Kier molecular flexibility index (Phi) is 2.85. The molecule has 4 heteroatoms. The van der Waals surface area contributed by atoms with E-state index in [-0.39, 0.29) is 11.6 Å². The number of fused-ring (bicyclic) bond motifs is 1. The van der Waals surface area contributed by atoms with Crippen molar-refractivity contribution in [1.29, 1.82) is 0 Å². The van der Waals surface area contributed by atoms with Gasteiger partial charge in [-0.3, -0.25) is 0 Å². The fourth-order valence-corrected chi connectivity index (χ4v) is 2.51. The second-order valence-corrected chi connectivity index (χ2v) is 5.43. The molecule has 2 aromatic rings. The van der Waals surface area contributed by atoms with Crippen LogP contribution in [-0.4, -0.2) is 15.6 Å². The molecule has 0 radical (unpaired) electrons. The molecule has 0 spiro atoms. The fraction of sp³-hybridized carbons (Fsp3) is 0.333. The minimum Gasteiger partial charge on any atom is -0.487 e. The molecule has 4 nitrogen and oxygen atoms in total. The number of hydrogen-bond acceptors (Lipinski definition) is 4. The van der Waals surface area contributed by atoms with Crippen molar-refractivity contribution in [2.24, 2.45) is 0 Å². The average Bonchev–Trinajstić information content (AvgIpc) is 2.38. The zero-order chi connectivity index (χ0) is 13.3. The lowest BCUT2D eigenvalue weighted by molar-refractivity contribution is 0.0759. The van der Waals surface area contributed by atoms with E-state index in [4.69, 9.17) is 4.74 Å². The summed E-state index contributed by atoms with van der Waals surface area (Å²) in [6.45, 7) is 4.22. The maximum Gasteiger partial charge on any atom is 0.125 e. The molecule has 2 heterocycles. The number of nitrogens with zero attached hydrogens (tertiary/aromatic N) is 2.